The maximum atomic E-state index is 9.89. The third kappa shape index (κ3) is 5.37. The number of benzene rings is 9. The quantitative estimate of drug-likeness (QED) is 0.166. The number of nitriles is 1. The lowest BCUT2D eigenvalue weighted by molar-refractivity contribution is 1.18. The highest BCUT2D eigenvalue weighted by Crippen LogP contribution is 2.43. The molecule has 0 spiro atoms. The summed E-state index contributed by atoms with van der Waals surface area (Å²) in [4.78, 5) is 10.5. The summed E-state index contributed by atoms with van der Waals surface area (Å²) in [5.74, 6) is 0.693. The Bertz CT molecular complexity index is 3340. The Kier molecular flexibility index (Phi) is 7.52. The van der Waals surface area contributed by atoms with Gasteiger partial charge in [0.15, 0.2) is 5.82 Å². The predicted octanol–water partition coefficient (Wildman–Crippen LogP) is 13.6. The second-order valence-electron chi connectivity index (χ2n) is 14.5. The summed E-state index contributed by atoms with van der Waals surface area (Å²) < 4.78 is 2.29. The maximum absolute atomic E-state index is 9.89. The first kappa shape index (κ1) is 32.6. The molecule has 0 bridgehead atoms. The van der Waals surface area contributed by atoms with Gasteiger partial charge in [0.05, 0.1) is 34.1 Å². The van der Waals surface area contributed by atoms with E-state index in [4.69, 9.17) is 9.97 Å². The van der Waals surface area contributed by atoms with Crippen LogP contribution in [0.3, 0.4) is 0 Å². The molecule has 0 fully saturated rings. The second kappa shape index (κ2) is 13.2. The zero-order valence-corrected chi connectivity index (χ0v) is 30.8. The largest absolute Gasteiger partial charge is 0.309 e. The third-order valence-corrected chi connectivity index (χ3v) is 11.2. The molecule has 0 radical (unpaired) electrons. The normalized spacial score (nSPS) is 11.5. The molecule has 57 heavy (non-hydrogen) atoms. The Morgan fingerprint density at radius 2 is 0.860 bits per heavy atom. The summed E-state index contributed by atoms with van der Waals surface area (Å²) in [6.07, 6.45) is 0. The number of fused-ring (bicyclic) bond motifs is 8. The number of hydrogen-bond donors (Lipinski definition) is 0. The van der Waals surface area contributed by atoms with Crippen LogP contribution in [0.2, 0.25) is 0 Å². The molecule has 0 atom stereocenters. The number of aromatic nitrogens is 3. The lowest BCUT2D eigenvalue weighted by atomic mass is 9.88. The first-order valence-electron chi connectivity index (χ1n) is 19.1. The van der Waals surface area contributed by atoms with E-state index in [1.807, 2.05) is 30.3 Å². The van der Waals surface area contributed by atoms with Crippen molar-refractivity contribution in [3.05, 3.63) is 200 Å². The molecule has 264 valence electrons. The summed E-state index contributed by atoms with van der Waals surface area (Å²) in [7, 11) is 0. The van der Waals surface area contributed by atoms with Gasteiger partial charge in [-0.15, -0.1) is 0 Å². The summed E-state index contributed by atoms with van der Waals surface area (Å²) in [6.45, 7) is 0. The van der Waals surface area contributed by atoms with Crippen LogP contribution in [-0.4, -0.2) is 14.5 Å². The van der Waals surface area contributed by atoms with Crippen LogP contribution in [0.1, 0.15) is 5.56 Å². The Morgan fingerprint density at radius 1 is 0.368 bits per heavy atom. The lowest BCUT2D eigenvalue weighted by Crippen LogP contribution is -1.97. The van der Waals surface area contributed by atoms with E-state index in [0.29, 0.717) is 11.4 Å². The number of para-hydroxylation sites is 1. The van der Waals surface area contributed by atoms with E-state index in [-0.39, 0.29) is 0 Å². The van der Waals surface area contributed by atoms with Crippen molar-refractivity contribution in [2.45, 2.75) is 0 Å². The number of hydrogen-bond acceptors (Lipinski definition) is 3. The third-order valence-electron chi connectivity index (χ3n) is 11.2. The standard InChI is InChI=1S/C53H32N4/c54-33-34-24-26-51-46(28-34)47-29-37(25-27-52(47)57(51)38-18-8-3-9-19-38)43-30-44-41-22-12-13-23-42(41)48(31-45(44)40-21-11-10-20-39(40)43)53-55-49(35-14-4-1-5-15-35)32-50(56-53)36-16-6-2-7-17-36/h1-32H. The summed E-state index contributed by atoms with van der Waals surface area (Å²) in [5, 5.41) is 19.0. The van der Waals surface area contributed by atoms with Crippen LogP contribution in [0.25, 0.3) is 105 Å². The monoisotopic (exact) mass is 724 g/mol. The zero-order chi connectivity index (χ0) is 37.9. The summed E-state index contributed by atoms with van der Waals surface area (Å²) in [5.41, 5.74) is 11.0. The van der Waals surface area contributed by atoms with Gasteiger partial charge in [0.1, 0.15) is 0 Å². The van der Waals surface area contributed by atoms with Gasteiger partial charge in [0.2, 0.25) is 0 Å². The van der Waals surface area contributed by atoms with Gasteiger partial charge < -0.3 is 4.57 Å². The van der Waals surface area contributed by atoms with Gasteiger partial charge in [-0.05, 0) is 104 Å². The molecule has 0 aliphatic rings. The van der Waals surface area contributed by atoms with Crippen LogP contribution < -0.4 is 0 Å². The van der Waals surface area contributed by atoms with Crippen molar-refractivity contribution >= 4 is 54.1 Å². The molecular formula is C53H32N4. The molecule has 11 aromatic rings. The maximum Gasteiger partial charge on any atom is 0.161 e. The Balaban J connectivity index is 1.17. The number of nitrogens with zero attached hydrogens (tertiary/aromatic N) is 4. The Labute approximate surface area is 329 Å². The molecule has 0 saturated heterocycles. The van der Waals surface area contributed by atoms with E-state index in [0.717, 1.165) is 88.2 Å². The smallest absolute Gasteiger partial charge is 0.161 e. The molecular weight excluding hydrogens is 693 g/mol. The molecule has 0 aliphatic heterocycles. The predicted molar refractivity (Wildman–Crippen MR) is 235 cm³/mol. The molecule has 0 amide bonds. The minimum Gasteiger partial charge on any atom is -0.309 e. The molecule has 0 unspecified atom stereocenters. The molecule has 2 aromatic heterocycles. The van der Waals surface area contributed by atoms with Gasteiger partial charge in [-0.2, -0.15) is 5.26 Å². The fraction of sp³-hybridized carbons (Fsp3) is 0. The van der Waals surface area contributed by atoms with Crippen LogP contribution >= 0.6 is 0 Å². The van der Waals surface area contributed by atoms with Crippen molar-refractivity contribution in [3.8, 4) is 56.8 Å². The Morgan fingerprint density at radius 3 is 1.46 bits per heavy atom. The van der Waals surface area contributed by atoms with Crippen molar-refractivity contribution in [1.29, 1.82) is 5.26 Å². The van der Waals surface area contributed by atoms with Crippen molar-refractivity contribution in [2.75, 3.05) is 0 Å². The topological polar surface area (TPSA) is 54.5 Å². The summed E-state index contributed by atoms with van der Waals surface area (Å²) >= 11 is 0. The Hall–Kier alpha value is -7.87. The van der Waals surface area contributed by atoms with E-state index < -0.39 is 0 Å². The SMILES string of the molecule is N#Cc1ccc2c(c1)c1cc(-c3cc4c5ccccc5c(-c5nc(-c6ccccc6)cc(-c6ccccc6)n5)cc4c4ccccc34)ccc1n2-c1ccccc1. The molecule has 0 N–H and O–H groups in total. The van der Waals surface area contributed by atoms with Crippen molar-refractivity contribution in [3.63, 3.8) is 0 Å². The minimum absolute atomic E-state index is 0.646. The minimum atomic E-state index is 0.646. The first-order valence-corrected chi connectivity index (χ1v) is 19.1. The van der Waals surface area contributed by atoms with Crippen LogP contribution in [-0.2, 0) is 0 Å². The lowest BCUT2D eigenvalue weighted by Gasteiger charge is -2.16. The zero-order valence-electron chi connectivity index (χ0n) is 30.8. The molecule has 4 heteroatoms. The van der Waals surface area contributed by atoms with E-state index in [9.17, 15) is 5.26 Å². The van der Waals surface area contributed by atoms with Crippen LogP contribution in [0.4, 0.5) is 0 Å². The molecule has 9 aromatic carbocycles. The summed E-state index contributed by atoms with van der Waals surface area (Å²) in [6, 6.07) is 70.3. The first-order chi connectivity index (χ1) is 28.2. The van der Waals surface area contributed by atoms with Crippen LogP contribution in [0.15, 0.2) is 194 Å². The molecule has 4 nitrogen and oxygen atoms in total. The van der Waals surface area contributed by atoms with Gasteiger partial charge in [-0.25, -0.2) is 9.97 Å². The molecule has 0 aliphatic carbocycles. The van der Waals surface area contributed by atoms with Crippen molar-refractivity contribution in [1.82, 2.24) is 14.5 Å². The van der Waals surface area contributed by atoms with Crippen LogP contribution in [0.5, 0.6) is 0 Å². The number of rotatable bonds is 5. The van der Waals surface area contributed by atoms with Crippen molar-refractivity contribution in [2.24, 2.45) is 0 Å². The van der Waals surface area contributed by atoms with E-state index in [1.165, 1.54) is 10.8 Å². The average Bonchev–Trinajstić information content (AvgIpc) is 3.62. The van der Waals surface area contributed by atoms with E-state index in [2.05, 4.69) is 174 Å². The van der Waals surface area contributed by atoms with E-state index >= 15 is 0 Å². The van der Waals surface area contributed by atoms with Gasteiger partial charge in [-0.1, -0.05) is 133 Å². The van der Waals surface area contributed by atoms with Gasteiger partial charge in [-0.3, -0.25) is 0 Å². The molecule has 11 rings (SSSR count). The van der Waals surface area contributed by atoms with Gasteiger partial charge in [0.25, 0.3) is 0 Å². The molecule has 2 heterocycles. The van der Waals surface area contributed by atoms with Crippen LogP contribution in [0, 0.1) is 11.3 Å². The highest BCUT2D eigenvalue weighted by Gasteiger charge is 2.19. The van der Waals surface area contributed by atoms with Gasteiger partial charge in [0, 0.05) is 33.2 Å². The second-order valence-corrected chi connectivity index (χ2v) is 14.5. The fourth-order valence-corrected chi connectivity index (χ4v) is 8.57. The molecule has 0 saturated carbocycles. The average molecular weight is 725 g/mol. The van der Waals surface area contributed by atoms with E-state index in [1.54, 1.807) is 0 Å². The van der Waals surface area contributed by atoms with Crippen molar-refractivity contribution < 1.29 is 0 Å². The fourth-order valence-electron chi connectivity index (χ4n) is 8.57. The highest BCUT2D eigenvalue weighted by molar-refractivity contribution is 6.24. The van der Waals surface area contributed by atoms with Gasteiger partial charge >= 0.3 is 0 Å². The highest BCUT2D eigenvalue weighted by atomic mass is 15.0.